The van der Waals surface area contributed by atoms with E-state index in [1.807, 2.05) is 89.6 Å². The summed E-state index contributed by atoms with van der Waals surface area (Å²) < 4.78 is 70.6. The van der Waals surface area contributed by atoms with Gasteiger partial charge in [-0.2, -0.15) is 13.2 Å². The van der Waals surface area contributed by atoms with E-state index in [-0.39, 0.29) is 62.6 Å². The maximum absolute atomic E-state index is 14.1. The summed E-state index contributed by atoms with van der Waals surface area (Å²) in [5, 5.41) is 27.8. The second kappa shape index (κ2) is 30.3. The summed E-state index contributed by atoms with van der Waals surface area (Å²) in [6.45, 7) is 16.4. The third-order valence-corrected chi connectivity index (χ3v) is 15.8. The van der Waals surface area contributed by atoms with Gasteiger partial charge in [-0.15, -0.1) is 16.4 Å². The van der Waals surface area contributed by atoms with Crippen molar-refractivity contribution in [1.29, 1.82) is 0 Å². The van der Waals surface area contributed by atoms with Crippen LogP contribution in [0.4, 0.5) is 24.5 Å². The lowest BCUT2D eigenvalue weighted by Crippen LogP contribution is -2.57. The number of aryl methyl sites for hydroxylation is 3. The molecule has 5 heterocycles. The number of anilines is 2. The number of amides is 4. The first-order chi connectivity index (χ1) is 41.2. The van der Waals surface area contributed by atoms with Crippen molar-refractivity contribution in [2.24, 2.45) is 5.41 Å². The Labute approximate surface area is 503 Å². The minimum absolute atomic E-state index is 0.00752. The molecule has 6 aromatic rings. The zero-order valence-electron chi connectivity index (χ0n) is 49.5. The van der Waals surface area contributed by atoms with E-state index in [2.05, 4.69) is 41.1 Å². The number of carbonyl (C=O) groups is 4. The summed E-state index contributed by atoms with van der Waals surface area (Å²) >= 11 is 1.57. The number of rotatable bonds is 28. The lowest BCUT2D eigenvalue weighted by molar-refractivity contribution is -0.144. The molecule has 2 fully saturated rings. The predicted molar refractivity (Wildman–Crippen MR) is 318 cm³/mol. The van der Waals surface area contributed by atoms with Crippen LogP contribution >= 0.6 is 11.3 Å². The Morgan fingerprint density at radius 1 is 0.849 bits per heavy atom. The summed E-state index contributed by atoms with van der Waals surface area (Å²) in [5.41, 5.74) is 7.32. The van der Waals surface area contributed by atoms with E-state index in [4.69, 9.17) is 23.7 Å². The molecular weight excluding hydrogens is 1130 g/mol. The van der Waals surface area contributed by atoms with Crippen molar-refractivity contribution < 1.29 is 61.1 Å². The monoisotopic (exact) mass is 1210 g/mol. The first kappa shape index (κ1) is 64.6. The zero-order valence-corrected chi connectivity index (χ0v) is 50.3. The van der Waals surface area contributed by atoms with Crippen LogP contribution in [-0.4, -0.2) is 149 Å². The van der Waals surface area contributed by atoms with E-state index in [0.717, 1.165) is 69.1 Å². The molecule has 0 bridgehead atoms. The molecule has 2 aliphatic heterocycles. The van der Waals surface area contributed by atoms with E-state index >= 15 is 0 Å². The third kappa shape index (κ3) is 18.1. The topological polar surface area (TPSA) is 234 Å². The maximum atomic E-state index is 14.1. The Hall–Kier alpha value is -7.35. The van der Waals surface area contributed by atoms with E-state index in [1.165, 1.54) is 17.0 Å². The molecule has 2 aliphatic rings. The highest BCUT2D eigenvalue weighted by atomic mass is 32.1. The first-order valence-electron chi connectivity index (χ1n) is 29.0. The van der Waals surface area contributed by atoms with Crippen molar-refractivity contribution in [3.63, 3.8) is 0 Å². The normalized spacial score (nSPS) is 16.2. The van der Waals surface area contributed by atoms with Gasteiger partial charge >= 0.3 is 6.18 Å². The maximum Gasteiger partial charge on any atom is 0.416 e. The number of likely N-dealkylation sites (tertiary alicyclic amines) is 1. The lowest BCUT2D eigenvalue weighted by atomic mass is 9.85. The molecule has 0 aliphatic carbocycles. The number of nitrogens with zero attached hydrogens (tertiary/aromatic N) is 7. The third-order valence-electron chi connectivity index (χ3n) is 14.8. The number of ether oxygens (including phenoxy) is 5. The second-order valence-corrected chi connectivity index (χ2v) is 23.4. The number of aromatic nitrogens is 5. The van der Waals surface area contributed by atoms with Crippen LogP contribution in [0.1, 0.15) is 104 Å². The number of aliphatic hydroxyl groups excluding tert-OH is 1. The Morgan fingerprint density at radius 3 is 2.29 bits per heavy atom. The van der Waals surface area contributed by atoms with Gasteiger partial charge in [0.15, 0.2) is 0 Å². The summed E-state index contributed by atoms with van der Waals surface area (Å²) in [6, 6.07) is 17.3. The van der Waals surface area contributed by atoms with Gasteiger partial charge in [0.25, 0.3) is 5.91 Å². The largest absolute Gasteiger partial charge is 0.474 e. The minimum Gasteiger partial charge on any atom is -0.474 e. The Bertz CT molecular complexity index is 3220. The Kier molecular flexibility index (Phi) is 22.8. The van der Waals surface area contributed by atoms with Gasteiger partial charge < -0.3 is 54.5 Å². The molecule has 4 atom stereocenters. The van der Waals surface area contributed by atoms with Crippen molar-refractivity contribution in [1.82, 2.24) is 40.5 Å². The van der Waals surface area contributed by atoms with Gasteiger partial charge in [-0.25, -0.2) is 9.97 Å². The van der Waals surface area contributed by atoms with Crippen LogP contribution < -0.4 is 25.6 Å². The first-order valence-corrected chi connectivity index (χ1v) is 29.9. The van der Waals surface area contributed by atoms with E-state index in [9.17, 15) is 37.5 Å². The van der Waals surface area contributed by atoms with Gasteiger partial charge in [0.05, 0.1) is 92.8 Å². The van der Waals surface area contributed by atoms with Crippen LogP contribution in [0.15, 0.2) is 90.7 Å². The number of alkyl halides is 3. The molecule has 4 N–H and O–H groups in total. The van der Waals surface area contributed by atoms with Gasteiger partial charge in [0, 0.05) is 62.0 Å². The molecule has 4 amide bonds. The van der Waals surface area contributed by atoms with Crippen molar-refractivity contribution >= 4 is 46.3 Å². The fourth-order valence-corrected chi connectivity index (χ4v) is 10.9. The second-order valence-electron chi connectivity index (χ2n) is 22.5. The van der Waals surface area contributed by atoms with E-state index in [0.29, 0.717) is 83.0 Å². The summed E-state index contributed by atoms with van der Waals surface area (Å²) in [7, 11) is 0. The minimum atomic E-state index is -4.58. The molecule has 20 nitrogen and oxygen atoms in total. The molecule has 8 rings (SSSR count). The molecule has 24 heteroatoms. The SMILES string of the molecule is Cc1ccc(NC(=O)c2cccc(C(F)(F)F)c2)cc1-c1cnc(OCCOCCOCCOCc2cn(CCCCCC(=O)NC(C(=O)N3C[C@H](O)C[C@H]3C(=O)NC(C)c3ccc(-c4scnc4C)cc3)C(C)(C)C)nn2)c(N2CCOCC2)c1. The number of hydrogen-bond donors (Lipinski definition) is 4. The molecule has 2 unspecified atom stereocenters. The number of unbranched alkanes of at least 4 members (excludes halogenated alkanes) is 2. The number of thiazole rings is 1. The number of pyridine rings is 1. The molecule has 0 saturated carbocycles. The van der Waals surface area contributed by atoms with Crippen LogP contribution in [-0.2, 0) is 52.7 Å². The molecule has 86 heavy (non-hydrogen) atoms. The molecule has 2 saturated heterocycles. The van der Waals surface area contributed by atoms with Crippen molar-refractivity contribution in [2.45, 2.75) is 117 Å². The Morgan fingerprint density at radius 2 is 1.58 bits per heavy atom. The highest BCUT2D eigenvalue weighted by Gasteiger charge is 2.45. The highest BCUT2D eigenvalue weighted by Crippen LogP contribution is 2.36. The van der Waals surface area contributed by atoms with Crippen molar-refractivity contribution in [3.8, 4) is 27.4 Å². The van der Waals surface area contributed by atoms with Crippen LogP contribution in [0.3, 0.4) is 0 Å². The molecule has 462 valence electrons. The number of halogens is 3. The average molecular weight is 1210 g/mol. The number of hydrogen-bond acceptors (Lipinski definition) is 16. The molecular formula is C62H77F3N10O10S. The highest BCUT2D eigenvalue weighted by molar-refractivity contribution is 7.13. The van der Waals surface area contributed by atoms with Crippen molar-refractivity contribution in [3.05, 3.63) is 124 Å². The fourth-order valence-electron chi connectivity index (χ4n) is 10.1. The Balaban J connectivity index is 0.690. The van der Waals surface area contributed by atoms with Crippen LogP contribution in [0.25, 0.3) is 21.6 Å². The summed E-state index contributed by atoms with van der Waals surface area (Å²) in [4.78, 5) is 67.8. The number of nitrogens with one attached hydrogen (secondary N) is 3. The summed E-state index contributed by atoms with van der Waals surface area (Å²) in [5.74, 6) is -1.27. The average Bonchev–Trinajstić information content (AvgIpc) is 2.50. The van der Waals surface area contributed by atoms with Gasteiger partial charge in [0.2, 0.25) is 23.6 Å². The number of benzene rings is 3. The lowest BCUT2D eigenvalue weighted by Gasteiger charge is -2.35. The number of aliphatic hydroxyl groups is 1. The van der Waals surface area contributed by atoms with Gasteiger partial charge in [-0.3, -0.25) is 23.9 Å². The van der Waals surface area contributed by atoms with Crippen LogP contribution in [0.2, 0.25) is 0 Å². The molecule has 0 spiro atoms. The summed E-state index contributed by atoms with van der Waals surface area (Å²) in [6.07, 6.45) is 0.439. The number of carbonyl (C=O) groups excluding carboxylic acids is 4. The van der Waals surface area contributed by atoms with Gasteiger partial charge in [-0.05, 0) is 97.7 Å². The van der Waals surface area contributed by atoms with Crippen molar-refractivity contribution in [2.75, 3.05) is 82.7 Å². The quantitative estimate of drug-likeness (QED) is 0.0336. The molecule has 3 aromatic carbocycles. The number of morpholine rings is 1. The predicted octanol–water partition coefficient (Wildman–Crippen LogP) is 8.75. The smallest absolute Gasteiger partial charge is 0.416 e. The van der Waals surface area contributed by atoms with Crippen LogP contribution in [0.5, 0.6) is 5.88 Å². The standard InChI is InChI=1S/C62H77F3N10O10S/c1-40-14-19-48(69-57(78)45-11-10-12-47(31-45)62(63,64)65)33-51(40)46-32-53(73-21-23-81-24-22-73)59(66-35-46)85-30-29-83-26-25-82-27-28-84-38-49-36-74(72-71-49)20-9-7-8-13-54(77)70-56(61(4,5)6)60(80)75-37-50(76)34-52(75)58(79)68-41(2)43-15-17-44(18-16-43)55-42(3)67-39-86-55/h10-12,14-19,31-33,35-36,39,41,50,52,56,76H,7-9,13,20-30,34,37-38H2,1-6H3,(H,68,79)(H,69,78)(H,70,77)/t41?,50-,52+,56?/m1/s1. The van der Waals surface area contributed by atoms with E-state index in [1.54, 1.807) is 34.3 Å². The van der Waals surface area contributed by atoms with Crippen LogP contribution in [0, 0.1) is 19.3 Å². The number of β-amino-alcohol motifs (C(OH)–C–C–N with tert-alkyl or cyclic N) is 1. The van der Waals surface area contributed by atoms with Gasteiger partial charge in [0.1, 0.15) is 30.1 Å². The molecule has 0 radical (unpaired) electrons. The zero-order chi connectivity index (χ0) is 61.4. The van der Waals surface area contributed by atoms with E-state index < -0.39 is 47.2 Å². The van der Waals surface area contributed by atoms with Gasteiger partial charge in [-0.1, -0.05) is 68.8 Å². The molecule has 3 aromatic heterocycles. The fraction of sp³-hybridized carbons (Fsp3) is 0.484.